The van der Waals surface area contributed by atoms with E-state index in [1.807, 2.05) is 13.6 Å². The van der Waals surface area contributed by atoms with Crippen LogP contribution >= 0.6 is 0 Å². The van der Waals surface area contributed by atoms with Crippen molar-refractivity contribution in [2.45, 2.75) is 25.7 Å². The predicted molar refractivity (Wildman–Crippen MR) is 51.0 cm³/mol. The van der Waals surface area contributed by atoms with Crippen molar-refractivity contribution in [1.82, 2.24) is 0 Å². The molecule has 0 aromatic rings. The molecule has 0 fully saturated rings. The van der Waals surface area contributed by atoms with Gasteiger partial charge in [-0.3, -0.25) is 0 Å². The Morgan fingerprint density at radius 3 is 0.923 bits per heavy atom. The van der Waals surface area contributed by atoms with E-state index in [9.17, 15) is 0 Å². The van der Waals surface area contributed by atoms with Crippen LogP contribution in [0.3, 0.4) is 0 Å². The molecule has 0 saturated heterocycles. The van der Waals surface area contributed by atoms with Crippen LogP contribution in [0.15, 0.2) is 24.3 Å². The molecule has 0 spiro atoms. The van der Waals surface area contributed by atoms with Crippen LogP contribution in [-0.4, -0.2) is 13.6 Å². The first-order valence-electron chi connectivity index (χ1n) is 3.88. The summed E-state index contributed by atoms with van der Waals surface area (Å²) >= 11 is 0. The van der Waals surface area contributed by atoms with Gasteiger partial charge in [-0.2, -0.15) is 0 Å². The molecule has 0 aromatic heterocycles. The molecule has 1 aliphatic carbocycles. The molecule has 0 atom stereocenters. The Bertz CT molecular complexity index is 105. The monoisotopic (exact) mass is 227 g/mol. The minimum atomic E-state index is 0. The van der Waals surface area contributed by atoms with E-state index in [0.29, 0.717) is 0 Å². The zero-order chi connectivity index (χ0) is 9.66. The summed E-state index contributed by atoms with van der Waals surface area (Å²) in [5.74, 6) is 0. The second-order valence-corrected chi connectivity index (χ2v) is 2.10. The minimum Gasteiger partial charge on any atom is -0.307 e. The van der Waals surface area contributed by atoms with Gasteiger partial charge in [-0.25, -0.2) is 0 Å². The van der Waals surface area contributed by atoms with Crippen LogP contribution in [-0.2, 0) is 26.4 Å². The Balaban J connectivity index is -0.000000178. The van der Waals surface area contributed by atoms with Crippen molar-refractivity contribution >= 4 is 13.6 Å². The summed E-state index contributed by atoms with van der Waals surface area (Å²) in [5.41, 5.74) is 0. The Hall–Kier alpha value is -0.674. The standard InChI is InChI=1S/C8H12.2CH2O.Co/c1-2-4-6-8-7-5-3-1;2*1-2;/h1-2,7-8H,3-6H2;2*1H2;. The van der Waals surface area contributed by atoms with Crippen molar-refractivity contribution in [2.24, 2.45) is 0 Å². The second-order valence-electron chi connectivity index (χ2n) is 2.10. The summed E-state index contributed by atoms with van der Waals surface area (Å²) in [6.45, 7) is 4.00. The molecule has 1 radical (unpaired) electrons. The normalized spacial score (nSPS) is 12.9. The number of hydrogen-bond acceptors (Lipinski definition) is 2. The molecule has 13 heavy (non-hydrogen) atoms. The Labute approximate surface area is 90.3 Å². The van der Waals surface area contributed by atoms with Gasteiger partial charge in [-0.1, -0.05) is 24.3 Å². The van der Waals surface area contributed by atoms with Gasteiger partial charge in [-0.15, -0.1) is 0 Å². The third-order valence-corrected chi connectivity index (χ3v) is 1.33. The van der Waals surface area contributed by atoms with Crippen molar-refractivity contribution in [3.63, 3.8) is 0 Å². The first-order valence-corrected chi connectivity index (χ1v) is 3.88. The smallest absolute Gasteiger partial charge is 0.106 e. The predicted octanol–water partition coefficient (Wildman–Crippen LogP) is 2.30. The van der Waals surface area contributed by atoms with Crippen molar-refractivity contribution in [3.05, 3.63) is 24.3 Å². The number of hydrogen-bond donors (Lipinski definition) is 0. The van der Waals surface area contributed by atoms with Gasteiger partial charge in [0.15, 0.2) is 0 Å². The summed E-state index contributed by atoms with van der Waals surface area (Å²) in [4.78, 5) is 16.0. The fourth-order valence-electron chi connectivity index (χ4n) is 0.856. The molecule has 0 aromatic carbocycles. The van der Waals surface area contributed by atoms with Gasteiger partial charge in [-0.05, 0) is 25.7 Å². The average molecular weight is 227 g/mol. The van der Waals surface area contributed by atoms with Gasteiger partial charge in [0.25, 0.3) is 0 Å². The molecular weight excluding hydrogens is 211 g/mol. The summed E-state index contributed by atoms with van der Waals surface area (Å²) in [7, 11) is 0. The largest absolute Gasteiger partial charge is 0.307 e. The van der Waals surface area contributed by atoms with Gasteiger partial charge < -0.3 is 9.59 Å². The maximum atomic E-state index is 8.00. The fourth-order valence-corrected chi connectivity index (χ4v) is 0.856. The minimum absolute atomic E-state index is 0. The van der Waals surface area contributed by atoms with E-state index in [1.54, 1.807) is 0 Å². The molecule has 3 heteroatoms. The quantitative estimate of drug-likeness (QED) is 0.595. The summed E-state index contributed by atoms with van der Waals surface area (Å²) < 4.78 is 0. The van der Waals surface area contributed by atoms with E-state index in [-0.39, 0.29) is 16.8 Å². The molecule has 2 nitrogen and oxygen atoms in total. The van der Waals surface area contributed by atoms with E-state index >= 15 is 0 Å². The third kappa shape index (κ3) is 18.4. The first kappa shape index (κ1) is 18.2. The van der Waals surface area contributed by atoms with Crippen molar-refractivity contribution in [2.75, 3.05) is 0 Å². The first-order chi connectivity index (χ1) is 6.00. The van der Waals surface area contributed by atoms with Crippen LogP contribution in [0.4, 0.5) is 0 Å². The molecule has 1 aliphatic rings. The van der Waals surface area contributed by atoms with Crippen LogP contribution in [0.5, 0.6) is 0 Å². The maximum Gasteiger partial charge on any atom is 0.106 e. The van der Waals surface area contributed by atoms with Gasteiger partial charge >= 0.3 is 0 Å². The van der Waals surface area contributed by atoms with E-state index in [0.717, 1.165) is 0 Å². The van der Waals surface area contributed by atoms with Gasteiger partial charge in [0.05, 0.1) is 0 Å². The summed E-state index contributed by atoms with van der Waals surface area (Å²) in [6, 6.07) is 0. The third-order valence-electron chi connectivity index (χ3n) is 1.33. The van der Waals surface area contributed by atoms with Gasteiger partial charge in [0, 0.05) is 16.8 Å². The van der Waals surface area contributed by atoms with Gasteiger partial charge in [0.1, 0.15) is 13.6 Å². The van der Waals surface area contributed by atoms with Crippen LogP contribution in [0, 0.1) is 0 Å². The molecule has 77 valence electrons. The molecule has 0 aliphatic heterocycles. The molecule has 0 bridgehead atoms. The average Bonchev–Trinajstić information content (AvgIpc) is 2.10. The molecule has 0 N–H and O–H groups in total. The Kier molecular flexibility index (Phi) is 31.5. The number of carbonyl (C=O) groups is 2. The van der Waals surface area contributed by atoms with Gasteiger partial charge in [0.2, 0.25) is 0 Å². The van der Waals surface area contributed by atoms with Crippen molar-refractivity contribution in [1.29, 1.82) is 0 Å². The van der Waals surface area contributed by atoms with E-state index in [1.165, 1.54) is 25.7 Å². The molecule has 0 amide bonds. The van der Waals surface area contributed by atoms with Crippen molar-refractivity contribution < 1.29 is 26.4 Å². The molecular formula is C10H16CoO2. The summed E-state index contributed by atoms with van der Waals surface area (Å²) in [6.07, 6.45) is 14.0. The van der Waals surface area contributed by atoms with Crippen LogP contribution in [0.1, 0.15) is 25.7 Å². The fraction of sp³-hybridized carbons (Fsp3) is 0.400. The molecule has 1 rings (SSSR count). The number of carbonyl (C=O) groups excluding carboxylic acids is 2. The number of rotatable bonds is 0. The maximum absolute atomic E-state index is 8.00. The van der Waals surface area contributed by atoms with Crippen LogP contribution in [0.25, 0.3) is 0 Å². The zero-order valence-corrected chi connectivity index (χ0v) is 8.74. The zero-order valence-electron chi connectivity index (χ0n) is 7.70. The Morgan fingerprint density at radius 2 is 0.769 bits per heavy atom. The second kappa shape index (κ2) is 22.5. The topological polar surface area (TPSA) is 34.1 Å². The van der Waals surface area contributed by atoms with E-state index in [2.05, 4.69) is 24.3 Å². The van der Waals surface area contributed by atoms with E-state index < -0.39 is 0 Å². The summed E-state index contributed by atoms with van der Waals surface area (Å²) in [5, 5.41) is 0. The van der Waals surface area contributed by atoms with Crippen LogP contribution < -0.4 is 0 Å². The Morgan fingerprint density at radius 1 is 0.615 bits per heavy atom. The molecule has 0 unspecified atom stereocenters. The van der Waals surface area contributed by atoms with Crippen molar-refractivity contribution in [3.8, 4) is 0 Å². The van der Waals surface area contributed by atoms with Crippen LogP contribution in [0.2, 0.25) is 0 Å². The molecule has 0 saturated carbocycles. The molecule has 0 heterocycles. The SMILES string of the molecule is C1=CCCC=CCC1.C=O.C=O.[Co]. The van der Waals surface area contributed by atoms with E-state index in [4.69, 9.17) is 9.59 Å². The number of allylic oxidation sites excluding steroid dienone is 4.